The molecule has 0 aliphatic heterocycles. The Morgan fingerprint density at radius 1 is 1.27 bits per heavy atom. The van der Waals surface area contributed by atoms with Gasteiger partial charge in [-0.05, 0) is 37.5 Å². The summed E-state index contributed by atoms with van der Waals surface area (Å²) in [6.45, 7) is 6.91. The number of fused-ring (bicyclic) bond motifs is 1. The molecule has 0 saturated heterocycles. The van der Waals surface area contributed by atoms with Crippen LogP contribution in [0, 0.1) is 33.1 Å². The molecule has 3 rings (SSSR count). The molecule has 0 bridgehead atoms. The lowest BCUT2D eigenvalue weighted by Gasteiger charge is -2.11. The summed E-state index contributed by atoms with van der Waals surface area (Å²) in [6, 6.07) is 6.29. The fourth-order valence-corrected chi connectivity index (χ4v) is 4.17. The van der Waals surface area contributed by atoms with Gasteiger partial charge in [-0.25, -0.2) is 4.98 Å². The lowest BCUT2D eigenvalue weighted by atomic mass is 9.99. The summed E-state index contributed by atoms with van der Waals surface area (Å²) >= 11 is 1.56. The number of hydrogen-bond donors (Lipinski definition) is 0. The van der Waals surface area contributed by atoms with Crippen LogP contribution in [0.3, 0.4) is 0 Å². The molecule has 3 aromatic rings. The molecule has 0 saturated carbocycles. The van der Waals surface area contributed by atoms with E-state index in [1.165, 1.54) is 11.1 Å². The van der Waals surface area contributed by atoms with Crippen LogP contribution in [0.4, 0.5) is 0 Å². The van der Waals surface area contributed by atoms with E-state index in [1.54, 1.807) is 23.0 Å². The second-order valence-corrected chi connectivity index (χ2v) is 7.58. The van der Waals surface area contributed by atoms with Crippen molar-refractivity contribution in [1.29, 1.82) is 0 Å². The van der Waals surface area contributed by atoms with E-state index in [0.717, 1.165) is 20.8 Å². The Bertz CT molecular complexity index is 1070. The predicted molar refractivity (Wildman–Crippen MR) is 108 cm³/mol. The first-order valence-electron chi connectivity index (χ1n) is 8.50. The van der Waals surface area contributed by atoms with Crippen molar-refractivity contribution in [2.45, 2.75) is 33.7 Å². The van der Waals surface area contributed by atoms with Crippen LogP contribution in [0.1, 0.15) is 21.8 Å². The van der Waals surface area contributed by atoms with E-state index in [2.05, 4.69) is 38.0 Å². The third kappa shape index (κ3) is 3.18. The van der Waals surface area contributed by atoms with E-state index >= 15 is 0 Å². The van der Waals surface area contributed by atoms with Gasteiger partial charge in [-0.15, -0.1) is 17.8 Å². The molecule has 2 aromatic heterocycles. The van der Waals surface area contributed by atoms with Crippen LogP contribution in [0.15, 0.2) is 23.0 Å². The highest BCUT2D eigenvalue weighted by Gasteiger charge is 2.19. The average Bonchev–Trinajstić information content (AvgIpc) is 2.94. The molecule has 0 aliphatic carbocycles. The molecule has 0 spiro atoms. The SMILES string of the molecule is C#CCn1c(CCOC)nc2sc(C)c(-c3ccc(C)c(C)c3)c2c1=O. The standard InChI is InChI=1S/C21H22N2O2S/c1-6-10-23-17(9-11-25-5)22-20-19(21(23)24)18(15(4)26-20)16-8-7-13(2)14(3)12-16/h1,7-8,12H,9-11H2,2-5H3. The molecule has 0 aliphatic rings. The van der Waals surface area contributed by atoms with Crippen molar-refractivity contribution in [3.8, 4) is 23.5 Å². The van der Waals surface area contributed by atoms with Gasteiger partial charge in [-0.3, -0.25) is 9.36 Å². The summed E-state index contributed by atoms with van der Waals surface area (Å²) in [5, 5.41) is 0.659. The molecule has 0 unspecified atom stereocenters. The molecule has 0 fully saturated rings. The van der Waals surface area contributed by atoms with Gasteiger partial charge in [0.1, 0.15) is 10.7 Å². The van der Waals surface area contributed by atoms with Crippen molar-refractivity contribution in [1.82, 2.24) is 9.55 Å². The number of terminal acetylenes is 1. The molecule has 0 radical (unpaired) electrons. The Kier molecular flexibility index (Phi) is 5.26. The first-order chi connectivity index (χ1) is 12.5. The number of benzene rings is 1. The number of thiophene rings is 1. The zero-order valence-electron chi connectivity index (χ0n) is 15.5. The van der Waals surface area contributed by atoms with Gasteiger partial charge in [0, 0.05) is 24.0 Å². The number of ether oxygens (including phenoxy) is 1. The highest BCUT2D eigenvalue weighted by atomic mass is 32.1. The monoisotopic (exact) mass is 366 g/mol. The van der Waals surface area contributed by atoms with Crippen molar-refractivity contribution >= 4 is 21.6 Å². The summed E-state index contributed by atoms with van der Waals surface area (Å²) in [4.78, 5) is 19.9. The third-order valence-electron chi connectivity index (χ3n) is 4.64. The van der Waals surface area contributed by atoms with Crippen molar-refractivity contribution in [3.05, 3.63) is 50.4 Å². The molecular weight excluding hydrogens is 344 g/mol. The molecule has 0 atom stereocenters. The molecule has 0 N–H and O–H groups in total. The maximum atomic E-state index is 13.3. The Labute approximate surface area is 157 Å². The van der Waals surface area contributed by atoms with E-state index in [0.29, 0.717) is 24.2 Å². The van der Waals surface area contributed by atoms with Crippen molar-refractivity contribution in [2.24, 2.45) is 0 Å². The number of aryl methyl sites for hydroxylation is 3. The van der Waals surface area contributed by atoms with Crippen LogP contribution >= 0.6 is 11.3 Å². The number of aromatic nitrogens is 2. The van der Waals surface area contributed by atoms with Crippen molar-refractivity contribution in [3.63, 3.8) is 0 Å². The smallest absolute Gasteiger partial charge is 0.263 e. The molecule has 1 aromatic carbocycles. The van der Waals surface area contributed by atoms with Crippen molar-refractivity contribution in [2.75, 3.05) is 13.7 Å². The molecule has 26 heavy (non-hydrogen) atoms. The lowest BCUT2D eigenvalue weighted by molar-refractivity contribution is 0.199. The van der Waals surface area contributed by atoms with E-state index < -0.39 is 0 Å². The summed E-state index contributed by atoms with van der Waals surface area (Å²) in [6.07, 6.45) is 6.05. The number of hydrogen-bond acceptors (Lipinski definition) is 4. The van der Waals surface area contributed by atoms with Gasteiger partial charge in [0.05, 0.1) is 18.5 Å². The first kappa shape index (κ1) is 18.4. The van der Waals surface area contributed by atoms with Gasteiger partial charge in [0.25, 0.3) is 5.56 Å². The van der Waals surface area contributed by atoms with Crippen LogP contribution in [0.5, 0.6) is 0 Å². The molecular formula is C21H22N2O2S. The zero-order chi connectivity index (χ0) is 18.8. The molecule has 134 valence electrons. The fraction of sp³-hybridized carbons (Fsp3) is 0.333. The van der Waals surface area contributed by atoms with Crippen LogP contribution in [-0.2, 0) is 17.7 Å². The van der Waals surface area contributed by atoms with Gasteiger partial charge >= 0.3 is 0 Å². The van der Waals surface area contributed by atoms with Crippen LogP contribution < -0.4 is 5.56 Å². The third-order valence-corrected chi connectivity index (χ3v) is 5.64. The Morgan fingerprint density at radius 2 is 2.04 bits per heavy atom. The number of methoxy groups -OCH3 is 1. The summed E-state index contributed by atoms with van der Waals surface area (Å²) < 4.78 is 6.75. The second-order valence-electron chi connectivity index (χ2n) is 6.38. The molecule has 4 nitrogen and oxygen atoms in total. The molecule has 0 amide bonds. The second kappa shape index (κ2) is 7.45. The number of rotatable bonds is 5. The van der Waals surface area contributed by atoms with Gasteiger partial charge in [-0.2, -0.15) is 0 Å². The summed E-state index contributed by atoms with van der Waals surface area (Å²) in [5.41, 5.74) is 4.38. The fourth-order valence-electron chi connectivity index (χ4n) is 3.12. The van der Waals surface area contributed by atoms with Gasteiger partial charge in [0.15, 0.2) is 0 Å². The highest BCUT2D eigenvalue weighted by Crippen LogP contribution is 2.36. The minimum absolute atomic E-state index is 0.0726. The van der Waals surface area contributed by atoms with Gasteiger partial charge < -0.3 is 4.74 Å². The molecule has 2 heterocycles. The summed E-state index contributed by atoms with van der Waals surface area (Å²) in [5.74, 6) is 3.25. The maximum absolute atomic E-state index is 13.3. The predicted octanol–water partition coefficient (Wildman–Crippen LogP) is 3.87. The van der Waals surface area contributed by atoms with E-state index in [-0.39, 0.29) is 12.1 Å². The summed E-state index contributed by atoms with van der Waals surface area (Å²) in [7, 11) is 1.63. The largest absolute Gasteiger partial charge is 0.384 e. The normalized spacial score (nSPS) is 11.0. The quantitative estimate of drug-likeness (QED) is 0.644. The van der Waals surface area contributed by atoms with E-state index in [4.69, 9.17) is 16.1 Å². The zero-order valence-corrected chi connectivity index (χ0v) is 16.4. The van der Waals surface area contributed by atoms with Crippen LogP contribution in [-0.4, -0.2) is 23.3 Å². The Hall–Kier alpha value is -2.42. The Morgan fingerprint density at radius 3 is 2.69 bits per heavy atom. The topological polar surface area (TPSA) is 44.1 Å². The molecule has 5 heteroatoms. The van der Waals surface area contributed by atoms with Crippen molar-refractivity contribution < 1.29 is 4.74 Å². The van der Waals surface area contributed by atoms with Gasteiger partial charge in [-0.1, -0.05) is 24.1 Å². The minimum Gasteiger partial charge on any atom is -0.384 e. The average molecular weight is 366 g/mol. The highest BCUT2D eigenvalue weighted by molar-refractivity contribution is 7.19. The number of nitrogens with zero attached hydrogens (tertiary/aromatic N) is 2. The minimum atomic E-state index is -0.0726. The Balaban J connectivity index is 2.30. The van der Waals surface area contributed by atoms with Gasteiger partial charge in [0.2, 0.25) is 0 Å². The van der Waals surface area contributed by atoms with Crippen LogP contribution in [0.25, 0.3) is 21.3 Å². The van der Waals surface area contributed by atoms with Crippen LogP contribution in [0.2, 0.25) is 0 Å². The lowest BCUT2D eigenvalue weighted by Crippen LogP contribution is -2.25. The first-order valence-corrected chi connectivity index (χ1v) is 9.32. The van der Waals surface area contributed by atoms with E-state index in [1.807, 2.05) is 6.92 Å². The maximum Gasteiger partial charge on any atom is 0.263 e. The van der Waals surface area contributed by atoms with E-state index in [9.17, 15) is 4.79 Å².